The number of rotatable bonds is 1. The van der Waals surface area contributed by atoms with Gasteiger partial charge in [0.2, 0.25) is 0 Å². The fourth-order valence-corrected chi connectivity index (χ4v) is 1.07. The van der Waals surface area contributed by atoms with Gasteiger partial charge in [-0.1, -0.05) is 6.08 Å². The molecule has 2 N–H and O–H groups in total. The first-order valence-corrected chi connectivity index (χ1v) is 3.60. The minimum Gasteiger partial charge on any atom is -0.328 e. The van der Waals surface area contributed by atoms with Crippen LogP contribution in [0, 0.1) is 0 Å². The second kappa shape index (κ2) is 2.88. The Morgan fingerprint density at radius 3 is 2.80 bits per heavy atom. The molecule has 0 bridgehead atoms. The number of hydrogen-bond acceptors (Lipinski definition) is 2. The van der Waals surface area contributed by atoms with E-state index in [2.05, 4.69) is 37.7 Å². The van der Waals surface area contributed by atoms with E-state index in [1.54, 1.807) is 0 Å². The predicted octanol–water partition coefficient (Wildman–Crippen LogP) is 1.33. The van der Waals surface area contributed by atoms with Crippen molar-refractivity contribution in [2.75, 3.05) is 0 Å². The molecule has 56 valence electrons. The third-order valence-electron chi connectivity index (χ3n) is 1.88. The van der Waals surface area contributed by atoms with Crippen LogP contribution < -0.4 is 10.9 Å². The molecular weight excluding hydrogens is 124 g/mol. The van der Waals surface area contributed by atoms with Gasteiger partial charge in [0.15, 0.2) is 0 Å². The van der Waals surface area contributed by atoms with Crippen LogP contribution in [0.4, 0.5) is 0 Å². The Bertz CT molecular complexity index is 180. The van der Waals surface area contributed by atoms with Gasteiger partial charge in [0.25, 0.3) is 0 Å². The summed E-state index contributed by atoms with van der Waals surface area (Å²) in [5, 5.41) is 0. The lowest BCUT2D eigenvalue weighted by atomic mass is 10.0. The summed E-state index contributed by atoms with van der Waals surface area (Å²) < 4.78 is 0. The van der Waals surface area contributed by atoms with Gasteiger partial charge in [-0.2, -0.15) is 0 Å². The molecule has 0 aromatic heterocycles. The molecule has 2 nitrogen and oxygen atoms in total. The van der Waals surface area contributed by atoms with E-state index in [1.165, 1.54) is 11.1 Å². The summed E-state index contributed by atoms with van der Waals surface area (Å²) in [4.78, 5) is 0. The molecule has 0 aliphatic carbocycles. The second-order valence-electron chi connectivity index (χ2n) is 2.58. The maximum atomic E-state index is 3.10. The number of hydrazine groups is 1. The van der Waals surface area contributed by atoms with Crippen LogP contribution in [-0.2, 0) is 0 Å². The molecule has 1 heterocycles. The van der Waals surface area contributed by atoms with Gasteiger partial charge in [-0.25, -0.2) is 5.43 Å². The van der Waals surface area contributed by atoms with Gasteiger partial charge in [-0.3, -0.25) is 0 Å². The fraction of sp³-hybridized carbons (Fsp3) is 0.500. The zero-order valence-corrected chi connectivity index (χ0v) is 6.73. The summed E-state index contributed by atoms with van der Waals surface area (Å²) in [5.41, 5.74) is 8.77. The van der Waals surface area contributed by atoms with E-state index in [4.69, 9.17) is 0 Å². The normalized spacial score (nSPS) is 26.1. The van der Waals surface area contributed by atoms with Crippen LogP contribution in [0.2, 0.25) is 0 Å². The lowest BCUT2D eigenvalue weighted by Crippen LogP contribution is -2.29. The first kappa shape index (κ1) is 7.35. The highest BCUT2D eigenvalue weighted by Gasteiger charge is 2.13. The monoisotopic (exact) mass is 138 g/mol. The van der Waals surface area contributed by atoms with Crippen LogP contribution in [0.25, 0.3) is 0 Å². The van der Waals surface area contributed by atoms with E-state index in [0.717, 1.165) is 0 Å². The lowest BCUT2D eigenvalue weighted by Gasteiger charge is -2.07. The lowest BCUT2D eigenvalue weighted by molar-refractivity contribution is 0.611. The third kappa shape index (κ3) is 1.21. The summed E-state index contributed by atoms with van der Waals surface area (Å²) in [6, 6.07) is 0.441. The molecule has 0 aromatic carbocycles. The molecule has 1 atom stereocenters. The Hall–Kier alpha value is -0.760. The molecule has 0 saturated heterocycles. The fourth-order valence-electron chi connectivity index (χ4n) is 1.07. The molecule has 2 heteroatoms. The predicted molar refractivity (Wildman–Crippen MR) is 43.2 cm³/mol. The van der Waals surface area contributed by atoms with Gasteiger partial charge in [0.05, 0.1) is 0 Å². The van der Waals surface area contributed by atoms with Crippen LogP contribution in [0.15, 0.2) is 23.4 Å². The molecule has 0 fully saturated rings. The second-order valence-corrected chi connectivity index (χ2v) is 2.58. The Morgan fingerprint density at radius 2 is 2.40 bits per heavy atom. The quantitative estimate of drug-likeness (QED) is 0.571. The average Bonchev–Trinajstić information content (AvgIpc) is 2.34. The Kier molecular flexibility index (Phi) is 2.12. The summed E-state index contributed by atoms with van der Waals surface area (Å²) in [6.45, 7) is 6.32. The zero-order valence-electron chi connectivity index (χ0n) is 6.73. The van der Waals surface area contributed by atoms with Crippen molar-refractivity contribution in [3.05, 3.63) is 23.4 Å². The smallest absolute Gasteiger partial charge is 0.0498 e. The zero-order chi connectivity index (χ0) is 7.56. The van der Waals surface area contributed by atoms with Gasteiger partial charge < -0.3 is 5.43 Å². The van der Waals surface area contributed by atoms with Crippen LogP contribution in [-0.4, -0.2) is 6.04 Å². The molecule has 0 amide bonds. The standard InChI is InChI=1S/C8H14N2/c1-4-6(2)8-5-9-10-7(8)3/h4-5,7,9-10H,1-3H3/b6-4-. The van der Waals surface area contributed by atoms with Crippen LogP contribution in [0.5, 0.6) is 0 Å². The Labute approximate surface area is 62.0 Å². The Balaban J connectivity index is 2.72. The average molecular weight is 138 g/mol. The molecule has 1 rings (SSSR count). The van der Waals surface area contributed by atoms with E-state index in [-0.39, 0.29) is 0 Å². The van der Waals surface area contributed by atoms with Crippen LogP contribution >= 0.6 is 0 Å². The van der Waals surface area contributed by atoms with Crippen molar-refractivity contribution in [2.24, 2.45) is 0 Å². The van der Waals surface area contributed by atoms with Gasteiger partial charge in [0, 0.05) is 12.2 Å². The van der Waals surface area contributed by atoms with Gasteiger partial charge in [-0.05, 0) is 31.9 Å². The van der Waals surface area contributed by atoms with Crippen molar-refractivity contribution in [2.45, 2.75) is 26.8 Å². The van der Waals surface area contributed by atoms with Crippen molar-refractivity contribution in [3.63, 3.8) is 0 Å². The minimum absolute atomic E-state index is 0.441. The van der Waals surface area contributed by atoms with Crippen molar-refractivity contribution < 1.29 is 0 Å². The Morgan fingerprint density at radius 1 is 1.70 bits per heavy atom. The highest BCUT2D eigenvalue weighted by atomic mass is 15.4. The van der Waals surface area contributed by atoms with Gasteiger partial charge in [-0.15, -0.1) is 0 Å². The number of hydrogen-bond donors (Lipinski definition) is 2. The number of allylic oxidation sites excluding steroid dienone is 1. The maximum Gasteiger partial charge on any atom is 0.0498 e. The van der Waals surface area contributed by atoms with Gasteiger partial charge in [0.1, 0.15) is 0 Å². The molecular formula is C8H14N2. The van der Waals surface area contributed by atoms with Crippen molar-refractivity contribution >= 4 is 0 Å². The summed E-state index contributed by atoms with van der Waals surface area (Å²) in [6.07, 6.45) is 4.14. The number of nitrogens with one attached hydrogen (secondary N) is 2. The van der Waals surface area contributed by atoms with E-state index in [1.807, 2.05) is 6.20 Å². The van der Waals surface area contributed by atoms with Crippen molar-refractivity contribution in [3.8, 4) is 0 Å². The summed E-state index contributed by atoms with van der Waals surface area (Å²) >= 11 is 0. The summed E-state index contributed by atoms with van der Waals surface area (Å²) in [5.74, 6) is 0. The molecule has 0 saturated carbocycles. The van der Waals surface area contributed by atoms with Gasteiger partial charge >= 0.3 is 0 Å². The summed E-state index contributed by atoms with van der Waals surface area (Å²) in [7, 11) is 0. The van der Waals surface area contributed by atoms with E-state index < -0.39 is 0 Å². The molecule has 0 aromatic rings. The topological polar surface area (TPSA) is 24.1 Å². The van der Waals surface area contributed by atoms with E-state index >= 15 is 0 Å². The molecule has 1 unspecified atom stereocenters. The largest absolute Gasteiger partial charge is 0.328 e. The highest BCUT2D eigenvalue weighted by molar-refractivity contribution is 5.34. The first-order chi connectivity index (χ1) is 4.75. The van der Waals surface area contributed by atoms with E-state index in [0.29, 0.717) is 6.04 Å². The first-order valence-electron chi connectivity index (χ1n) is 3.60. The minimum atomic E-state index is 0.441. The molecule has 0 spiro atoms. The third-order valence-corrected chi connectivity index (χ3v) is 1.88. The van der Waals surface area contributed by atoms with Crippen molar-refractivity contribution in [1.82, 2.24) is 10.9 Å². The molecule has 1 aliphatic rings. The van der Waals surface area contributed by atoms with Crippen LogP contribution in [0.3, 0.4) is 0 Å². The van der Waals surface area contributed by atoms with E-state index in [9.17, 15) is 0 Å². The maximum absolute atomic E-state index is 3.10. The molecule has 10 heavy (non-hydrogen) atoms. The van der Waals surface area contributed by atoms with Crippen LogP contribution in [0.1, 0.15) is 20.8 Å². The highest BCUT2D eigenvalue weighted by Crippen LogP contribution is 2.14. The SMILES string of the molecule is C/C=C(/C)C1=CNNC1C. The van der Waals surface area contributed by atoms with Crippen molar-refractivity contribution in [1.29, 1.82) is 0 Å². The molecule has 0 radical (unpaired) electrons. The molecule has 1 aliphatic heterocycles.